The summed E-state index contributed by atoms with van der Waals surface area (Å²) in [6, 6.07) is 3.94. The van der Waals surface area contributed by atoms with Crippen molar-refractivity contribution in [2.45, 2.75) is 18.9 Å². The Labute approximate surface area is 117 Å². The van der Waals surface area contributed by atoms with E-state index in [9.17, 15) is 4.79 Å². The zero-order valence-electron chi connectivity index (χ0n) is 11.2. The van der Waals surface area contributed by atoms with E-state index in [-0.39, 0.29) is 11.8 Å². The Kier molecular flexibility index (Phi) is 3.83. The molecule has 106 valence electrons. The summed E-state index contributed by atoms with van der Waals surface area (Å²) in [6.07, 6.45) is 6.49. The summed E-state index contributed by atoms with van der Waals surface area (Å²) in [6.45, 7) is 2.77. The Morgan fingerprint density at radius 2 is 2.35 bits per heavy atom. The lowest BCUT2D eigenvalue weighted by atomic mass is 10.0. The number of hydrogen-bond donors (Lipinski definition) is 2. The van der Waals surface area contributed by atoms with E-state index in [4.69, 9.17) is 4.74 Å². The highest BCUT2D eigenvalue weighted by Gasteiger charge is 2.24. The van der Waals surface area contributed by atoms with Gasteiger partial charge in [0.15, 0.2) is 0 Å². The highest BCUT2D eigenvalue weighted by atomic mass is 16.5. The minimum Gasteiger partial charge on any atom is -0.381 e. The zero-order chi connectivity index (χ0) is 13.8. The van der Waals surface area contributed by atoms with Crippen molar-refractivity contribution in [2.75, 3.05) is 19.8 Å². The van der Waals surface area contributed by atoms with Crippen LogP contribution in [0, 0.1) is 0 Å². The molecule has 0 saturated carbocycles. The third-order valence-electron chi connectivity index (χ3n) is 3.57. The van der Waals surface area contributed by atoms with Gasteiger partial charge in [-0.2, -0.15) is 5.10 Å². The van der Waals surface area contributed by atoms with Gasteiger partial charge in [0.2, 0.25) is 0 Å². The molecule has 0 radical (unpaired) electrons. The van der Waals surface area contributed by atoms with Gasteiger partial charge in [0.1, 0.15) is 0 Å². The summed E-state index contributed by atoms with van der Waals surface area (Å²) < 4.78 is 7.39. The Morgan fingerprint density at radius 3 is 3.10 bits per heavy atom. The van der Waals surface area contributed by atoms with E-state index in [2.05, 4.69) is 15.5 Å². The van der Waals surface area contributed by atoms with Crippen molar-refractivity contribution in [3.05, 3.63) is 42.0 Å². The van der Waals surface area contributed by atoms with Crippen LogP contribution in [-0.2, 0) is 11.3 Å². The van der Waals surface area contributed by atoms with Crippen molar-refractivity contribution in [1.82, 2.24) is 20.1 Å². The van der Waals surface area contributed by atoms with Crippen LogP contribution in [0.5, 0.6) is 0 Å². The van der Waals surface area contributed by atoms with Crippen molar-refractivity contribution in [3.8, 4) is 0 Å². The van der Waals surface area contributed by atoms with Crippen LogP contribution >= 0.6 is 0 Å². The zero-order valence-corrected chi connectivity index (χ0v) is 11.2. The van der Waals surface area contributed by atoms with Crippen molar-refractivity contribution < 1.29 is 9.53 Å². The first-order valence-corrected chi connectivity index (χ1v) is 6.84. The van der Waals surface area contributed by atoms with E-state index in [0.717, 1.165) is 25.3 Å². The number of carbonyl (C=O) groups excluding carboxylic acids is 1. The summed E-state index contributed by atoms with van der Waals surface area (Å²) in [5.41, 5.74) is 1.52. The van der Waals surface area contributed by atoms with E-state index >= 15 is 0 Å². The second-order valence-corrected chi connectivity index (χ2v) is 4.93. The van der Waals surface area contributed by atoms with Crippen LogP contribution in [0.25, 0.3) is 0 Å². The number of nitrogens with one attached hydrogen (secondary N) is 2. The third kappa shape index (κ3) is 2.75. The molecular formula is C14H18N4O2. The first kappa shape index (κ1) is 12.9. The topological polar surface area (TPSA) is 71.9 Å². The molecule has 3 rings (SSSR count). The smallest absolute Gasteiger partial charge is 0.254 e. The van der Waals surface area contributed by atoms with Crippen molar-refractivity contribution >= 4 is 5.91 Å². The average molecular weight is 274 g/mol. The molecule has 1 atom stereocenters. The third-order valence-corrected chi connectivity index (χ3v) is 3.57. The maximum absolute atomic E-state index is 12.2. The predicted octanol–water partition coefficient (Wildman–Crippen LogP) is 1.15. The SMILES string of the molecule is O=C(NCCn1cccc1)c1cn[nH]c1C1CCOC1. The molecule has 1 fully saturated rings. The maximum Gasteiger partial charge on any atom is 0.254 e. The van der Waals surface area contributed by atoms with Crippen LogP contribution < -0.4 is 5.32 Å². The fraction of sp³-hybridized carbons (Fsp3) is 0.429. The molecule has 2 aromatic rings. The second kappa shape index (κ2) is 5.92. The van der Waals surface area contributed by atoms with Gasteiger partial charge in [0.25, 0.3) is 5.91 Å². The molecular weight excluding hydrogens is 256 g/mol. The average Bonchev–Trinajstić information content (AvgIpc) is 3.19. The van der Waals surface area contributed by atoms with Crippen LogP contribution in [0.15, 0.2) is 30.7 Å². The van der Waals surface area contributed by atoms with Gasteiger partial charge in [-0.05, 0) is 18.6 Å². The number of nitrogens with zero attached hydrogens (tertiary/aromatic N) is 2. The van der Waals surface area contributed by atoms with Gasteiger partial charge in [-0.25, -0.2) is 0 Å². The number of aromatic amines is 1. The van der Waals surface area contributed by atoms with Crippen molar-refractivity contribution in [2.24, 2.45) is 0 Å². The lowest BCUT2D eigenvalue weighted by Gasteiger charge is -2.09. The van der Waals surface area contributed by atoms with Gasteiger partial charge < -0.3 is 14.6 Å². The quantitative estimate of drug-likeness (QED) is 0.859. The number of ether oxygens (including phenoxy) is 1. The molecule has 0 bridgehead atoms. The normalized spacial score (nSPS) is 18.3. The van der Waals surface area contributed by atoms with Crippen LogP contribution in [0.2, 0.25) is 0 Å². The van der Waals surface area contributed by atoms with Crippen molar-refractivity contribution in [1.29, 1.82) is 0 Å². The monoisotopic (exact) mass is 274 g/mol. The number of rotatable bonds is 5. The molecule has 0 aromatic carbocycles. The molecule has 0 spiro atoms. The standard InChI is InChI=1S/C14H18N4O2/c19-14(15-4-7-18-5-1-2-6-18)12-9-16-17-13(12)11-3-8-20-10-11/h1-2,5-6,9,11H,3-4,7-8,10H2,(H,15,19)(H,16,17). The summed E-state index contributed by atoms with van der Waals surface area (Å²) in [5.74, 6) is 0.176. The minimum atomic E-state index is -0.0761. The lowest BCUT2D eigenvalue weighted by molar-refractivity contribution is 0.0951. The van der Waals surface area contributed by atoms with Gasteiger partial charge >= 0.3 is 0 Å². The van der Waals surface area contributed by atoms with Gasteiger partial charge in [0.05, 0.1) is 24.1 Å². The van der Waals surface area contributed by atoms with Crippen LogP contribution in [0.4, 0.5) is 0 Å². The number of carbonyl (C=O) groups is 1. The first-order chi connectivity index (χ1) is 9.84. The van der Waals surface area contributed by atoms with E-state index in [1.54, 1.807) is 6.20 Å². The van der Waals surface area contributed by atoms with E-state index in [1.165, 1.54) is 0 Å². The molecule has 1 amide bonds. The number of H-pyrrole nitrogens is 1. The van der Waals surface area contributed by atoms with E-state index < -0.39 is 0 Å². The summed E-state index contributed by atoms with van der Waals surface area (Å²) >= 11 is 0. The summed E-state index contributed by atoms with van der Waals surface area (Å²) in [7, 11) is 0. The first-order valence-electron chi connectivity index (χ1n) is 6.84. The molecule has 20 heavy (non-hydrogen) atoms. The lowest BCUT2D eigenvalue weighted by Crippen LogP contribution is -2.27. The fourth-order valence-corrected chi connectivity index (χ4v) is 2.46. The van der Waals surface area contributed by atoms with Crippen molar-refractivity contribution in [3.63, 3.8) is 0 Å². The van der Waals surface area contributed by atoms with Crippen LogP contribution in [0.1, 0.15) is 28.4 Å². The molecule has 6 nitrogen and oxygen atoms in total. The molecule has 1 saturated heterocycles. The number of aromatic nitrogens is 3. The molecule has 0 aliphatic carbocycles. The molecule has 1 aliphatic rings. The van der Waals surface area contributed by atoms with Crippen LogP contribution in [-0.4, -0.2) is 40.4 Å². The maximum atomic E-state index is 12.2. The Morgan fingerprint density at radius 1 is 1.50 bits per heavy atom. The fourth-order valence-electron chi connectivity index (χ4n) is 2.46. The van der Waals surface area contributed by atoms with E-state index in [1.807, 2.05) is 29.1 Å². The molecule has 6 heteroatoms. The summed E-state index contributed by atoms with van der Waals surface area (Å²) in [4.78, 5) is 12.2. The second-order valence-electron chi connectivity index (χ2n) is 4.93. The van der Waals surface area contributed by atoms with E-state index in [0.29, 0.717) is 18.7 Å². The van der Waals surface area contributed by atoms with Crippen LogP contribution in [0.3, 0.4) is 0 Å². The molecule has 2 aromatic heterocycles. The van der Waals surface area contributed by atoms with Gasteiger partial charge in [-0.3, -0.25) is 9.89 Å². The highest BCUT2D eigenvalue weighted by molar-refractivity contribution is 5.95. The molecule has 3 heterocycles. The largest absolute Gasteiger partial charge is 0.381 e. The minimum absolute atomic E-state index is 0.0761. The molecule has 1 unspecified atom stereocenters. The number of amides is 1. The Bertz CT molecular complexity index is 556. The van der Waals surface area contributed by atoms with Gasteiger partial charge in [-0.1, -0.05) is 0 Å². The molecule has 2 N–H and O–H groups in total. The van der Waals surface area contributed by atoms with Gasteiger partial charge in [-0.15, -0.1) is 0 Å². The number of hydrogen-bond acceptors (Lipinski definition) is 3. The van der Waals surface area contributed by atoms with Gasteiger partial charge in [0, 0.05) is 38.0 Å². The molecule has 1 aliphatic heterocycles. The summed E-state index contributed by atoms with van der Waals surface area (Å²) in [5, 5.41) is 9.86. The highest BCUT2D eigenvalue weighted by Crippen LogP contribution is 2.25. The Balaban J connectivity index is 1.58. The Hall–Kier alpha value is -2.08. The predicted molar refractivity (Wildman–Crippen MR) is 73.5 cm³/mol.